The van der Waals surface area contributed by atoms with Crippen molar-refractivity contribution in [2.24, 2.45) is 5.92 Å². The van der Waals surface area contributed by atoms with Gasteiger partial charge in [0.05, 0.1) is 0 Å². The van der Waals surface area contributed by atoms with E-state index in [9.17, 15) is 0 Å². The first-order chi connectivity index (χ1) is 7.33. The van der Waals surface area contributed by atoms with E-state index in [1.807, 2.05) is 0 Å². The van der Waals surface area contributed by atoms with Crippen molar-refractivity contribution >= 4 is 0 Å². The quantitative estimate of drug-likeness (QED) is 0.690. The SMILES string of the molecule is CCCc1ccc2c(c1)CCC(CC)C2. The number of rotatable bonds is 3. The fraction of sp³-hybridized carbons (Fsp3) is 0.600. The van der Waals surface area contributed by atoms with Gasteiger partial charge in [-0.25, -0.2) is 0 Å². The first-order valence-electron chi connectivity index (χ1n) is 6.44. The molecule has 82 valence electrons. The maximum absolute atomic E-state index is 2.45. The molecule has 1 aromatic rings. The van der Waals surface area contributed by atoms with Crippen LogP contribution in [0.2, 0.25) is 0 Å². The molecule has 0 spiro atoms. The topological polar surface area (TPSA) is 0 Å². The van der Waals surface area contributed by atoms with Crippen LogP contribution in [0.15, 0.2) is 18.2 Å². The second-order valence-corrected chi connectivity index (χ2v) is 4.87. The first-order valence-corrected chi connectivity index (χ1v) is 6.44. The summed E-state index contributed by atoms with van der Waals surface area (Å²) >= 11 is 0. The smallest absolute Gasteiger partial charge is 0.0248 e. The minimum Gasteiger partial charge on any atom is -0.0651 e. The minimum atomic E-state index is 0.939. The summed E-state index contributed by atoms with van der Waals surface area (Å²) in [4.78, 5) is 0. The Morgan fingerprint density at radius 1 is 1.20 bits per heavy atom. The Labute approximate surface area is 93.7 Å². The molecule has 1 aliphatic rings. The van der Waals surface area contributed by atoms with Crippen LogP contribution in [0.5, 0.6) is 0 Å². The van der Waals surface area contributed by atoms with E-state index in [0.717, 1.165) is 5.92 Å². The van der Waals surface area contributed by atoms with E-state index in [-0.39, 0.29) is 0 Å². The van der Waals surface area contributed by atoms with Gasteiger partial charge in [-0.2, -0.15) is 0 Å². The number of fused-ring (bicyclic) bond motifs is 1. The van der Waals surface area contributed by atoms with Gasteiger partial charge in [-0.3, -0.25) is 0 Å². The van der Waals surface area contributed by atoms with Crippen molar-refractivity contribution in [2.75, 3.05) is 0 Å². The van der Waals surface area contributed by atoms with E-state index in [2.05, 4.69) is 32.0 Å². The molecular weight excluding hydrogens is 180 g/mol. The molecule has 0 aliphatic heterocycles. The zero-order chi connectivity index (χ0) is 10.7. The largest absolute Gasteiger partial charge is 0.0651 e. The van der Waals surface area contributed by atoms with Crippen LogP contribution in [0.25, 0.3) is 0 Å². The molecule has 0 N–H and O–H groups in total. The molecule has 0 heterocycles. The zero-order valence-electron chi connectivity index (χ0n) is 10.1. The van der Waals surface area contributed by atoms with Crippen molar-refractivity contribution in [2.45, 2.75) is 52.4 Å². The van der Waals surface area contributed by atoms with Crippen molar-refractivity contribution in [1.82, 2.24) is 0 Å². The molecule has 1 aliphatic carbocycles. The lowest BCUT2D eigenvalue weighted by Crippen LogP contribution is -2.13. The molecular formula is C15H22. The van der Waals surface area contributed by atoms with Crippen molar-refractivity contribution in [1.29, 1.82) is 0 Å². The van der Waals surface area contributed by atoms with E-state index in [1.54, 1.807) is 11.1 Å². The predicted octanol–water partition coefficient (Wildman–Crippen LogP) is 4.15. The van der Waals surface area contributed by atoms with Crippen LogP contribution in [0.3, 0.4) is 0 Å². The highest BCUT2D eigenvalue weighted by Crippen LogP contribution is 2.28. The maximum Gasteiger partial charge on any atom is -0.0248 e. The van der Waals surface area contributed by atoms with Gasteiger partial charge in [0.25, 0.3) is 0 Å². The molecule has 1 aromatic carbocycles. The monoisotopic (exact) mass is 202 g/mol. The van der Waals surface area contributed by atoms with Gasteiger partial charge in [-0.05, 0) is 48.3 Å². The summed E-state index contributed by atoms with van der Waals surface area (Å²) in [5.41, 5.74) is 4.78. The molecule has 0 fully saturated rings. The van der Waals surface area contributed by atoms with Crippen LogP contribution in [0, 0.1) is 5.92 Å². The number of aryl methyl sites for hydroxylation is 2. The van der Waals surface area contributed by atoms with Gasteiger partial charge in [0, 0.05) is 0 Å². The van der Waals surface area contributed by atoms with Crippen LogP contribution in [0.1, 0.15) is 49.8 Å². The van der Waals surface area contributed by atoms with Gasteiger partial charge in [0.1, 0.15) is 0 Å². The number of hydrogen-bond donors (Lipinski definition) is 0. The van der Waals surface area contributed by atoms with Gasteiger partial charge in [0.2, 0.25) is 0 Å². The lowest BCUT2D eigenvalue weighted by Gasteiger charge is -2.24. The van der Waals surface area contributed by atoms with Crippen LogP contribution in [-0.4, -0.2) is 0 Å². The van der Waals surface area contributed by atoms with Crippen molar-refractivity contribution in [3.05, 3.63) is 34.9 Å². The summed E-state index contributed by atoms with van der Waals surface area (Å²) in [6.45, 7) is 4.58. The van der Waals surface area contributed by atoms with E-state index in [4.69, 9.17) is 0 Å². The highest BCUT2D eigenvalue weighted by molar-refractivity contribution is 5.34. The molecule has 0 bridgehead atoms. The standard InChI is InChI=1S/C15H22/c1-3-5-13-7-9-14-10-12(4-2)6-8-15(14)11-13/h7,9,11-12H,3-6,8,10H2,1-2H3. The van der Waals surface area contributed by atoms with Crippen LogP contribution in [-0.2, 0) is 19.3 Å². The lowest BCUT2D eigenvalue weighted by molar-refractivity contribution is 0.445. The molecule has 15 heavy (non-hydrogen) atoms. The van der Waals surface area contributed by atoms with Crippen molar-refractivity contribution < 1.29 is 0 Å². The second kappa shape index (κ2) is 4.83. The fourth-order valence-corrected chi connectivity index (χ4v) is 2.68. The third kappa shape index (κ3) is 2.42. The highest BCUT2D eigenvalue weighted by Gasteiger charge is 2.16. The van der Waals surface area contributed by atoms with Crippen LogP contribution in [0.4, 0.5) is 0 Å². The Bertz CT molecular complexity index is 325. The van der Waals surface area contributed by atoms with E-state index in [1.165, 1.54) is 44.1 Å². The predicted molar refractivity (Wildman–Crippen MR) is 66.2 cm³/mol. The van der Waals surface area contributed by atoms with Gasteiger partial charge < -0.3 is 0 Å². The average Bonchev–Trinajstić information content (AvgIpc) is 2.29. The molecule has 1 unspecified atom stereocenters. The molecule has 0 saturated heterocycles. The summed E-state index contributed by atoms with van der Waals surface area (Å²) in [6.07, 6.45) is 7.87. The van der Waals surface area contributed by atoms with Crippen LogP contribution >= 0.6 is 0 Å². The van der Waals surface area contributed by atoms with Gasteiger partial charge in [-0.1, -0.05) is 44.9 Å². The molecule has 0 radical (unpaired) electrons. The van der Waals surface area contributed by atoms with Crippen molar-refractivity contribution in [3.63, 3.8) is 0 Å². The Hall–Kier alpha value is -0.780. The molecule has 2 rings (SSSR count). The summed E-state index contributed by atoms with van der Waals surface area (Å²) in [5.74, 6) is 0.939. The molecule has 0 heteroatoms. The van der Waals surface area contributed by atoms with Crippen molar-refractivity contribution in [3.8, 4) is 0 Å². The third-order valence-electron chi connectivity index (χ3n) is 3.72. The van der Waals surface area contributed by atoms with E-state index < -0.39 is 0 Å². The van der Waals surface area contributed by atoms with Gasteiger partial charge >= 0.3 is 0 Å². The summed E-state index contributed by atoms with van der Waals surface area (Å²) in [7, 11) is 0. The Kier molecular flexibility index (Phi) is 3.45. The van der Waals surface area contributed by atoms with E-state index >= 15 is 0 Å². The number of benzene rings is 1. The van der Waals surface area contributed by atoms with Gasteiger partial charge in [0.15, 0.2) is 0 Å². The third-order valence-corrected chi connectivity index (χ3v) is 3.72. The first kappa shape index (κ1) is 10.7. The Morgan fingerprint density at radius 2 is 2.07 bits per heavy atom. The molecule has 1 atom stereocenters. The van der Waals surface area contributed by atoms with Crippen LogP contribution < -0.4 is 0 Å². The molecule has 0 amide bonds. The lowest BCUT2D eigenvalue weighted by atomic mass is 9.82. The summed E-state index contributed by atoms with van der Waals surface area (Å²) in [5, 5.41) is 0. The summed E-state index contributed by atoms with van der Waals surface area (Å²) in [6, 6.07) is 7.16. The van der Waals surface area contributed by atoms with Gasteiger partial charge in [-0.15, -0.1) is 0 Å². The highest BCUT2D eigenvalue weighted by atomic mass is 14.2. The zero-order valence-corrected chi connectivity index (χ0v) is 10.1. The normalized spacial score (nSPS) is 20.0. The maximum atomic E-state index is 2.45. The fourth-order valence-electron chi connectivity index (χ4n) is 2.68. The Morgan fingerprint density at radius 3 is 2.80 bits per heavy atom. The average molecular weight is 202 g/mol. The number of hydrogen-bond acceptors (Lipinski definition) is 0. The minimum absolute atomic E-state index is 0.939. The molecule has 0 nitrogen and oxygen atoms in total. The molecule has 0 saturated carbocycles. The Balaban J connectivity index is 2.17. The van der Waals surface area contributed by atoms with E-state index in [0.29, 0.717) is 0 Å². The summed E-state index contributed by atoms with van der Waals surface area (Å²) < 4.78 is 0. The second-order valence-electron chi connectivity index (χ2n) is 4.87. The molecule has 0 aromatic heterocycles.